The van der Waals surface area contributed by atoms with Crippen molar-refractivity contribution in [1.29, 1.82) is 0 Å². The summed E-state index contributed by atoms with van der Waals surface area (Å²) in [5, 5.41) is 7.78. The molecule has 0 heterocycles. The predicted molar refractivity (Wildman–Crippen MR) is 76.7 cm³/mol. The van der Waals surface area contributed by atoms with Gasteiger partial charge in [0, 0.05) is 6.04 Å². The standard InChI is InChI=1S/C14H19FN2O3S/c15-13-8-7-11(21(16,19)20)9-12(13)14(18)17-10-5-3-1-2-4-6-10/h7-10H,1-6H2,(H,17,18)(H2,16,19,20). The number of primary sulfonamides is 1. The van der Waals surface area contributed by atoms with Gasteiger partial charge in [0.05, 0.1) is 10.5 Å². The number of sulfonamides is 1. The van der Waals surface area contributed by atoms with Crippen LogP contribution in [0.2, 0.25) is 0 Å². The van der Waals surface area contributed by atoms with Gasteiger partial charge in [0.25, 0.3) is 5.91 Å². The molecule has 0 radical (unpaired) electrons. The fourth-order valence-electron chi connectivity index (χ4n) is 2.54. The molecule has 2 rings (SSSR count). The monoisotopic (exact) mass is 314 g/mol. The lowest BCUT2D eigenvalue weighted by Crippen LogP contribution is -2.35. The van der Waals surface area contributed by atoms with Crippen molar-refractivity contribution in [3.8, 4) is 0 Å². The second-order valence-corrected chi connectivity index (χ2v) is 6.91. The zero-order valence-electron chi connectivity index (χ0n) is 11.6. The molecule has 1 aromatic rings. The Morgan fingerprint density at radius 3 is 2.38 bits per heavy atom. The lowest BCUT2D eigenvalue weighted by Gasteiger charge is -2.16. The minimum Gasteiger partial charge on any atom is -0.349 e. The molecule has 1 aliphatic rings. The summed E-state index contributed by atoms with van der Waals surface area (Å²) < 4.78 is 36.3. The number of carbonyl (C=O) groups excluding carboxylic acids is 1. The summed E-state index contributed by atoms with van der Waals surface area (Å²) in [6.45, 7) is 0. The highest BCUT2D eigenvalue weighted by molar-refractivity contribution is 7.89. The Kier molecular flexibility index (Phi) is 4.95. The topological polar surface area (TPSA) is 89.3 Å². The predicted octanol–water partition coefficient (Wildman–Crippen LogP) is 1.93. The van der Waals surface area contributed by atoms with Gasteiger partial charge < -0.3 is 5.32 Å². The van der Waals surface area contributed by atoms with Crippen LogP contribution in [-0.4, -0.2) is 20.4 Å². The first-order chi connectivity index (χ1) is 9.88. The second kappa shape index (κ2) is 6.53. The Morgan fingerprint density at radius 2 is 1.81 bits per heavy atom. The van der Waals surface area contributed by atoms with Crippen molar-refractivity contribution < 1.29 is 17.6 Å². The molecule has 0 unspecified atom stereocenters. The van der Waals surface area contributed by atoms with E-state index in [1.54, 1.807) is 0 Å². The molecule has 0 bridgehead atoms. The van der Waals surface area contributed by atoms with Crippen LogP contribution in [0.15, 0.2) is 23.1 Å². The molecule has 1 aliphatic carbocycles. The van der Waals surface area contributed by atoms with Gasteiger partial charge in [0.1, 0.15) is 5.82 Å². The van der Waals surface area contributed by atoms with E-state index in [2.05, 4.69) is 5.32 Å². The third-order valence-electron chi connectivity index (χ3n) is 3.70. The molecule has 0 atom stereocenters. The Balaban J connectivity index is 2.18. The van der Waals surface area contributed by atoms with Gasteiger partial charge in [0.15, 0.2) is 0 Å². The Morgan fingerprint density at radius 1 is 1.19 bits per heavy atom. The van der Waals surface area contributed by atoms with Gasteiger partial charge in [-0.15, -0.1) is 0 Å². The van der Waals surface area contributed by atoms with E-state index in [1.807, 2.05) is 0 Å². The quantitative estimate of drug-likeness (QED) is 0.835. The highest BCUT2D eigenvalue weighted by Crippen LogP contribution is 2.19. The number of hydrogen-bond acceptors (Lipinski definition) is 3. The summed E-state index contributed by atoms with van der Waals surface area (Å²) in [4.78, 5) is 11.9. The van der Waals surface area contributed by atoms with E-state index in [0.717, 1.165) is 56.7 Å². The Labute approximate surface area is 123 Å². The van der Waals surface area contributed by atoms with Crippen molar-refractivity contribution in [3.05, 3.63) is 29.6 Å². The molecule has 0 aliphatic heterocycles. The van der Waals surface area contributed by atoms with Crippen LogP contribution >= 0.6 is 0 Å². The molecule has 7 heteroatoms. The third kappa shape index (κ3) is 4.25. The number of carbonyl (C=O) groups is 1. The molecule has 116 valence electrons. The van der Waals surface area contributed by atoms with E-state index in [0.29, 0.717) is 0 Å². The van der Waals surface area contributed by atoms with E-state index in [4.69, 9.17) is 5.14 Å². The molecule has 5 nitrogen and oxygen atoms in total. The van der Waals surface area contributed by atoms with Crippen LogP contribution in [-0.2, 0) is 10.0 Å². The molecular weight excluding hydrogens is 295 g/mol. The highest BCUT2D eigenvalue weighted by atomic mass is 32.2. The summed E-state index contributed by atoms with van der Waals surface area (Å²) in [6, 6.07) is 2.99. The zero-order chi connectivity index (χ0) is 15.5. The molecule has 1 fully saturated rings. The number of benzene rings is 1. The fraction of sp³-hybridized carbons (Fsp3) is 0.500. The number of rotatable bonds is 3. The summed E-state index contributed by atoms with van der Waals surface area (Å²) in [6.07, 6.45) is 6.07. The van der Waals surface area contributed by atoms with Gasteiger partial charge >= 0.3 is 0 Å². The first kappa shape index (κ1) is 15.9. The molecular formula is C14H19FN2O3S. The molecule has 0 spiro atoms. The second-order valence-electron chi connectivity index (χ2n) is 5.35. The average Bonchev–Trinajstić information content (AvgIpc) is 2.66. The summed E-state index contributed by atoms with van der Waals surface area (Å²) in [5.74, 6) is -1.35. The van der Waals surface area contributed by atoms with Crippen molar-refractivity contribution in [2.45, 2.75) is 49.5 Å². The van der Waals surface area contributed by atoms with Gasteiger partial charge in [-0.05, 0) is 31.0 Å². The van der Waals surface area contributed by atoms with E-state index in [1.165, 1.54) is 0 Å². The maximum absolute atomic E-state index is 13.7. The maximum atomic E-state index is 13.7. The fourth-order valence-corrected chi connectivity index (χ4v) is 3.08. The number of nitrogens with two attached hydrogens (primary N) is 1. The van der Waals surface area contributed by atoms with Crippen molar-refractivity contribution >= 4 is 15.9 Å². The lowest BCUT2D eigenvalue weighted by molar-refractivity contribution is 0.0929. The number of nitrogens with one attached hydrogen (secondary N) is 1. The molecule has 1 aromatic carbocycles. The normalized spacial score (nSPS) is 17.2. The Bertz CT molecular complexity index is 623. The van der Waals surface area contributed by atoms with Crippen LogP contribution in [0, 0.1) is 5.82 Å². The molecule has 0 saturated heterocycles. The summed E-state index contributed by atoms with van der Waals surface area (Å²) in [7, 11) is -3.96. The van der Waals surface area contributed by atoms with Crippen LogP contribution < -0.4 is 10.5 Å². The first-order valence-electron chi connectivity index (χ1n) is 7.01. The van der Waals surface area contributed by atoms with E-state index < -0.39 is 21.7 Å². The van der Waals surface area contributed by atoms with Crippen LogP contribution in [0.3, 0.4) is 0 Å². The van der Waals surface area contributed by atoms with Crippen LogP contribution in [0.4, 0.5) is 4.39 Å². The van der Waals surface area contributed by atoms with Gasteiger partial charge in [-0.3, -0.25) is 4.79 Å². The molecule has 3 N–H and O–H groups in total. The molecule has 21 heavy (non-hydrogen) atoms. The SMILES string of the molecule is NS(=O)(=O)c1ccc(F)c(C(=O)NC2CCCCCC2)c1. The van der Waals surface area contributed by atoms with Gasteiger partial charge in [-0.25, -0.2) is 17.9 Å². The van der Waals surface area contributed by atoms with Crippen LogP contribution in [0.5, 0.6) is 0 Å². The maximum Gasteiger partial charge on any atom is 0.254 e. The van der Waals surface area contributed by atoms with E-state index in [9.17, 15) is 17.6 Å². The van der Waals surface area contributed by atoms with E-state index in [-0.39, 0.29) is 16.5 Å². The zero-order valence-corrected chi connectivity index (χ0v) is 12.5. The summed E-state index contributed by atoms with van der Waals surface area (Å²) in [5.41, 5.74) is -0.286. The average molecular weight is 314 g/mol. The lowest BCUT2D eigenvalue weighted by atomic mass is 10.1. The number of hydrogen-bond donors (Lipinski definition) is 2. The number of amides is 1. The Hall–Kier alpha value is -1.47. The van der Waals surface area contributed by atoms with Gasteiger partial charge in [0.2, 0.25) is 10.0 Å². The minimum absolute atomic E-state index is 0.0116. The van der Waals surface area contributed by atoms with Gasteiger partial charge in [-0.2, -0.15) is 0 Å². The van der Waals surface area contributed by atoms with Gasteiger partial charge in [-0.1, -0.05) is 25.7 Å². The van der Waals surface area contributed by atoms with Crippen LogP contribution in [0.1, 0.15) is 48.9 Å². The smallest absolute Gasteiger partial charge is 0.254 e. The van der Waals surface area contributed by atoms with Crippen molar-refractivity contribution in [2.75, 3.05) is 0 Å². The van der Waals surface area contributed by atoms with Crippen molar-refractivity contribution in [2.24, 2.45) is 5.14 Å². The summed E-state index contributed by atoms with van der Waals surface area (Å²) >= 11 is 0. The van der Waals surface area contributed by atoms with Crippen molar-refractivity contribution in [1.82, 2.24) is 5.32 Å². The number of halogens is 1. The molecule has 1 amide bonds. The molecule has 1 saturated carbocycles. The molecule has 0 aromatic heterocycles. The highest BCUT2D eigenvalue weighted by Gasteiger charge is 2.20. The first-order valence-corrected chi connectivity index (χ1v) is 8.56. The third-order valence-corrected chi connectivity index (χ3v) is 4.61. The minimum atomic E-state index is -3.96. The van der Waals surface area contributed by atoms with Crippen LogP contribution in [0.25, 0.3) is 0 Å². The largest absolute Gasteiger partial charge is 0.349 e. The van der Waals surface area contributed by atoms with E-state index >= 15 is 0 Å². The van der Waals surface area contributed by atoms with Crippen molar-refractivity contribution in [3.63, 3.8) is 0 Å².